The van der Waals surface area contributed by atoms with E-state index in [1.807, 2.05) is 30.3 Å². The number of carbonyl (C=O) groups is 4. The Morgan fingerprint density at radius 1 is 0.911 bits per heavy atom. The molecule has 2 aromatic rings. The van der Waals surface area contributed by atoms with Gasteiger partial charge in [0.25, 0.3) is 0 Å². The molecule has 3 rings (SSSR count). The van der Waals surface area contributed by atoms with Crippen molar-refractivity contribution in [1.29, 1.82) is 0 Å². The lowest BCUT2D eigenvalue weighted by Crippen LogP contribution is -2.59. The number of aryl methyl sites for hydroxylation is 1. The van der Waals surface area contributed by atoms with Crippen LogP contribution in [-0.4, -0.2) is 69.0 Å². The number of nitrogens with one attached hydrogen (secondary N) is 2. The van der Waals surface area contributed by atoms with Crippen molar-refractivity contribution in [3.05, 3.63) is 65.2 Å². The van der Waals surface area contributed by atoms with Crippen LogP contribution in [0, 0.1) is 6.92 Å². The number of alkyl carbamates (subject to hydrolysis) is 1. The number of nitrogens with zero attached hydrogens (tertiary/aromatic N) is 1. The number of carbonyl (C=O) groups excluding carboxylic acids is 4. The summed E-state index contributed by atoms with van der Waals surface area (Å²) in [6.45, 7) is 12.1. The van der Waals surface area contributed by atoms with Crippen molar-refractivity contribution in [1.82, 2.24) is 15.5 Å². The highest BCUT2D eigenvalue weighted by atomic mass is 32.1. The van der Waals surface area contributed by atoms with Crippen LogP contribution >= 0.6 is 12.6 Å². The van der Waals surface area contributed by atoms with Crippen LogP contribution in [0.1, 0.15) is 83.5 Å². The Bertz CT molecular complexity index is 1350. The van der Waals surface area contributed by atoms with Gasteiger partial charge in [-0.15, -0.1) is 0 Å². The molecule has 2 aromatic carbocycles. The van der Waals surface area contributed by atoms with Gasteiger partial charge < -0.3 is 30.1 Å². The average Bonchev–Trinajstić information content (AvgIpc) is 2.90. The third-order valence-corrected chi connectivity index (χ3v) is 7.64. The molecule has 45 heavy (non-hydrogen) atoms. The van der Waals surface area contributed by atoms with Gasteiger partial charge in [0, 0.05) is 23.8 Å². The van der Waals surface area contributed by atoms with Crippen molar-refractivity contribution >= 4 is 36.5 Å². The molecule has 1 saturated carbocycles. The Balaban J connectivity index is 2.06. The summed E-state index contributed by atoms with van der Waals surface area (Å²) in [6.07, 6.45) is 1.42. The molecule has 3 unspecified atom stereocenters. The highest BCUT2D eigenvalue weighted by Gasteiger charge is 2.44. The molecule has 0 saturated heterocycles. The van der Waals surface area contributed by atoms with Crippen LogP contribution in [0.25, 0.3) is 0 Å². The standard InChI is InChI=1S/C34H47N3O7S/c1-21-13-11-18-24(28(21)38)27(29(39)35-25(31(41)43-33(2,3)4)19-22-14-9-8-10-15-22)37(23-16-12-17-23)30(40)26(20-45)36-32(42)44-34(5,6)7/h8-11,13-15,18,23,25-27,38,45H,12,16-17,19-20H2,1-7H3,(H,35,39)(H,36,42). The molecular weight excluding hydrogens is 594 g/mol. The molecule has 246 valence electrons. The first-order valence-corrected chi connectivity index (χ1v) is 15.9. The topological polar surface area (TPSA) is 134 Å². The van der Waals surface area contributed by atoms with Crippen LogP contribution in [0.5, 0.6) is 5.75 Å². The van der Waals surface area contributed by atoms with E-state index >= 15 is 0 Å². The molecule has 1 fully saturated rings. The van der Waals surface area contributed by atoms with E-state index in [2.05, 4.69) is 23.3 Å². The fourth-order valence-corrected chi connectivity index (χ4v) is 5.23. The van der Waals surface area contributed by atoms with Crippen LogP contribution in [0.15, 0.2) is 48.5 Å². The normalized spacial score (nSPS) is 15.6. The largest absolute Gasteiger partial charge is 0.507 e. The number of amides is 3. The van der Waals surface area contributed by atoms with Gasteiger partial charge in [-0.05, 0) is 78.9 Å². The lowest BCUT2D eigenvalue weighted by Gasteiger charge is -2.44. The number of para-hydroxylation sites is 1. The first-order valence-electron chi connectivity index (χ1n) is 15.3. The van der Waals surface area contributed by atoms with Gasteiger partial charge in [0.05, 0.1) is 0 Å². The van der Waals surface area contributed by atoms with Crippen molar-refractivity contribution in [2.24, 2.45) is 0 Å². The maximum atomic E-state index is 14.4. The molecule has 10 nitrogen and oxygen atoms in total. The van der Waals surface area contributed by atoms with Gasteiger partial charge in [0.2, 0.25) is 11.8 Å². The highest BCUT2D eigenvalue weighted by Crippen LogP contribution is 2.38. The van der Waals surface area contributed by atoms with E-state index in [4.69, 9.17) is 9.47 Å². The van der Waals surface area contributed by atoms with E-state index in [1.54, 1.807) is 66.7 Å². The van der Waals surface area contributed by atoms with Gasteiger partial charge in [-0.3, -0.25) is 9.59 Å². The summed E-state index contributed by atoms with van der Waals surface area (Å²) in [5.74, 6) is -2.07. The van der Waals surface area contributed by atoms with Crippen LogP contribution in [0.4, 0.5) is 4.79 Å². The summed E-state index contributed by atoms with van der Waals surface area (Å²) >= 11 is 4.34. The van der Waals surface area contributed by atoms with Crippen molar-refractivity contribution in [3.8, 4) is 5.75 Å². The quantitative estimate of drug-likeness (QED) is 0.200. The predicted octanol–water partition coefficient (Wildman–Crippen LogP) is 5.02. The highest BCUT2D eigenvalue weighted by molar-refractivity contribution is 7.80. The van der Waals surface area contributed by atoms with Gasteiger partial charge in [-0.1, -0.05) is 48.5 Å². The Labute approximate surface area is 271 Å². The monoisotopic (exact) mass is 641 g/mol. The number of hydrogen-bond donors (Lipinski definition) is 4. The Hall–Kier alpha value is -3.73. The third kappa shape index (κ3) is 10.1. The molecule has 1 aliphatic carbocycles. The predicted molar refractivity (Wildman–Crippen MR) is 175 cm³/mol. The first kappa shape index (κ1) is 35.7. The van der Waals surface area contributed by atoms with E-state index in [-0.39, 0.29) is 29.5 Å². The van der Waals surface area contributed by atoms with Gasteiger partial charge in [0.1, 0.15) is 35.1 Å². The second-order valence-corrected chi connectivity index (χ2v) is 13.8. The second-order valence-electron chi connectivity index (χ2n) is 13.4. The van der Waals surface area contributed by atoms with Gasteiger partial charge in [0.15, 0.2) is 0 Å². The maximum Gasteiger partial charge on any atom is 0.408 e. The van der Waals surface area contributed by atoms with Crippen LogP contribution in [-0.2, 0) is 30.3 Å². The number of rotatable bonds is 11. The van der Waals surface area contributed by atoms with Crippen molar-refractivity contribution < 1.29 is 33.8 Å². The summed E-state index contributed by atoms with van der Waals surface area (Å²) in [4.78, 5) is 56.2. The number of phenols is 1. The lowest BCUT2D eigenvalue weighted by atomic mass is 9.87. The number of esters is 1. The minimum atomic E-state index is -1.33. The number of hydrogen-bond acceptors (Lipinski definition) is 8. The Morgan fingerprint density at radius 2 is 1.53 bits per heavy atom. The van der Waals surface area contributed by atoms with Crippen molar-refractivity contribution in [3.63, 3.8) is 0 Å². The van der Waals surface area contributed by atoms with E-state index in [9.17, 15) is 24.3 Å². The maximum absolute atomic E-state index is 14.4. The zero-order valence-corrected chi connectivity index (χ0v) is 28.1. The lowest BCUT2D eigenvalue weighted by molar-refractivity contribution is -0.159. The minimum Gasteiger partial charge on any atom is -0.507 e. The van der Waals surface area contributed by atoms with Crippen LogP contribution < -0.4 is 10.6 Å². The number of aromatic hydroxyl groups is 1. The van der Waals surface area contributed by atoms with E-state index in [0.717, 1.165) is 12.0 Å². The molecule has 0 heterocycles. The van der Waals surface area contributed by atoms with Crippen LogP contribution in [0.3, 0.4) is 0 Å². The molecule has 0 aromatic heterocycles. The Morgan fingerprint density at radius 3 is 2.07 bits per heavy atom. The van der Waals surface area contributed by atoms with E-state index in [0.29, 0.717) is 18.4 Å². The fraction of sp³-hybridized carbons (Fsp3) is 0.529. The van der Waals surface area contributed by atoms with E-state index < -0.39 is 53.2 Å². The molecule has 0 radical (unpaired) electrons. The molecular formula is C34H47N3O7S. The summed E-state index contributed by atoms with van der Waals surface area (Å²) < 4.78 is 11.1. The molecule has 11 heteroatoms. The Kier molecular flexibility index (Phi) is 11.9. The van der Waals surface area contributed by atoms with Crippen LogP contribution in [0.2, 0.25) is 0 Å². The molecule has 1 aliphatic rings. The van der Waals surface area contributed by atoms with Gasteiger partial charge >= 0.3 is 12.1 Å². The average molecular weight is 642 g/mol. The van der Waals surface area contributed by atoms with Gasteiger partial charge in [-0.25, -0.2) is 9.59 Å². The number of thiol groups is 1. The van der Waals surface area contributed by atoms with Gasteiger partial charge in [-0.2, -0.15) is 12.6 Å². The molecule has 3 atom stereocenters. The number of ether oxygens (including phenoxy) is 2. The number of phenolic OH excluding ortho intramolecular Hbond substituents is 1. The molecule has 0 bridgehead atoms. The molecule has 0 aliphatic heterocycles. The molecule has 0 spiro atoms. The molecule has 3 amide bonds. The smallest absolute Gasteiger partial charge is 0.408 e. The second kappa shape index (κ2) is 15.0. The summed E-state index contributed by atoms with van der Waals surface area (Å²) in [5.41, 5.74) is -0.103. The summed E-state index contributed by atoms with van der Waals surface area (Å²) in [6, 6.07) is 10.3. The SMILES string of the molecule is Cc1cccc(C(C(=O)NC(Cc2ccccc2)C(=O)OC(C)(C)C)N(C(=O)C(CS)NC(=O)OC(C)(C)C)C2CCC2)c1O. The third-order valence-electron chi connectivity index (χ3n) is 7.27. The summed E-state index contributed by atoms with van der Waals surface area (Å²) in [5, 5.41) is 16.7. The van der Waals surface area contributed by atoms with Crippen molar-refractivity contribution in [2.75, 3.05) is 5.75 Å². The van der Waals surface area contributed by atoms with E-state index in [1.165, 1.54) is 4.90 Å². The van der Waals surface area contributed by atoms with Crippen molar-refractivity contribution in [2.45, 2.75) is 110 Å². The summed E-state index contributed by atoms with van der Waals surface area (Å²) in [7, 11) is 0. The molecule has 3 N–H and O–H groups in total. The fourth-order valence-electron chi connectivity index (χ4n) is 4.98. The number of benzene rings is 2. The zero-order chi connectivity index (χ0) is 33.5. The minimum absolute atomic E-state index is 0.0655. The first-order chi connectivity index (χ1) is 21.0. The zero-order valence-electron chi connectivity index (χ0n) is 27.3.